The predicted octanol–water partition coefficient (Wildman–Crippen LogP) is 1.47. The lowest BCUT2D eigenvalue weighted by Gasteiger charge is -2.15. The molecule has 2 rings (SSSR count). The lowest BCUT2D eigenvalue weighted by Crippen LogP contribution is -2.30. The van der Waals surface area contributed by atoms with Crippen molar-refractivity contribution in [2.24, 2.45) is 7.05 Å². The van der Waals surface area contributed by atoms with Crippen LogP contribution in [-0.2, 0) is 21.9 Å². The maximum atomic E-state index is 12.5. The molecule has 1 aromatic heterocycles. The Kier molecular flexibility index (Phi) is 6.16. The van der Waals surface area contributed by atoms with Gasteiger partial charge in [-0.2, -0.15) is 5.10 Å². The van der Waals surface area contributed by atoms with Gasteiger partial charge in [-0.1, -0.05) is 13.0 Å². The predicted molar refractivity (Wildman–Crippen MR) is 97.8 cm³/mol. The Balaban J connectivity index is 2.11. The van der Waals surface area contributed by atoms with Crippen molar-refractivity contribution >= 4 is 27.3 Å². The van der Waals surface area contributed by atoms with Gasteiger partial charge in [-0.15, -0.1) is 0 Å². The summed E-state index contributed by atoms with van der Waals surface area (Å²) in [6.07, 6.45) is 3.91. The van der Waals surface area contributed by atoms with Crippen LogP contribution in [0.1, 0.15) is 24.9 Å². The van der Waals surface area contributed by atoms with Gasteiger partial charge >= 0.3 is 0 Å². The molecule has 25 heavy (non-hydrogen) atoms. The van der Waals surface area contributed by atoms with E-state index < -0.39 is 16.1 Å². The molecule has 1 heterocycles. The first-order chi connectivity index (χ1) is 11.8. The Labute approximate surface area is 147 Å². The van der Waals surface area contributed by atoms with E-state index in [1.807, 2.05) is 0 Å². The molecule has 0 bridgehead atoms. The van der Waals surface area contributed by atoms with Crippen molar-refractivity contribution in [2.45, 2.75) is 19.4 Å². The number of hydrogen-bond acceptors (Lipinski definition) is 5. The average Bonchev–Trinajstić information content (AvgIpc) is 2.94. The second-order valence-corrected chi connectivity index (χ2v) is 7.50. The highest BCUT2D eigenvalue weighted by molar-refractivity contribution is 7.92. The third kappa shape index (κ3) is 5.30. The molecule has 0 radical (unpaired) electrons. The molecule has 136 valence electrons. The largest absolute Gasteiger partial charge is 0.324 e. The zero-order valence-electron chi connectivity index (χ0n) is 14.5. The summed E-state index contributed by atoms with van der Waals surface area (Å²) in [6, 6.07) is 6.04. The van der Waals surface area contributed by atoms with Gasteiger partial charge in [0.05, 0.1) is 17.6 Å². The number of aryl methyl sites for hydroxylation is 1. The van der Waals surface area contributed by atoms with Crippen LogP contribution in [0.15, 0.2) is 36.7 Å². The van der Waals surface area contributed by atoms with Crippen molar-refractivity contribution in [3.8, 4) is 0 Å². The summed E-state index contributed by atoms with van der Waals surface area (Å²) in [4.78, 5) is 12.5. The van der Waals surface area contributed by atoms with Crippen molar-refractivity contribution in [2.75, 3.05) is 22.8 Å². The topological polar surface area (TPSA) is 105 Å². The number of nitrogens with one attached hydrogen (secondary N) is 3. The molecule has 0 aliphatic rings. The Hall–Kier alpha value is -2.39. The average molecular weight is 365 g/mol. The standard InChI is InChI=1S/C16H23N5O3S/c1-4-8-25(23,24)20-14-7-5-6-13(9-14)19-16(22)15(17-2)12-10-18-21(3)11-12/h5-7,9-11,15,17,20H,4,8H2,1-3H3,(H,19,22). The highest BCUT2D eigenvalue weighted by atomic mass is 32.2. The molecule has 1 atom stereocenters. The second-order valence-electron chi connectivity index (χ2n) is 5.66. The smallest absolute Gasteiger partial charge is 0.246 e. The molecule has 0 saturated carbocycles. The quantitative estimate of drug-likeness (QED) is 0.657. The molecule has 1 aromatic carbocycles. The van der Waals surface area contributed by atoms with E-state index >= 15 is 0 Å². The molecular formula is C16H23N5O3S. The summed E-state index contributed by atoms with van der Waals surface area (Å²) >= 11 is 0. The number of amides is 1. The van der Waals surface area contributed by atoms with Gasteiger partial charge < -0.3 is 10.6 Å². The molecule has 3 N–H and O–H groups in total. The van der Waals surface area contributed by atoms with Crippen LogP contribution in [0.5, 0.6) is 0 Å². The minimum absolute atomic E-state index is 0.0480. The molecule has 0 spiro atoms. The van der Waals surface area contributed by atoms with Crippen LogP contribution in [0, 0.1) is 0 Å². The lowest BCUT2D eigenvalue weighted by atomic mass is 10.1. The van der Waals surface area contributed by atoms with Crippen LogP contribution >= 0.6 is 0 Å². The van der Waals surface area contributed by atoms with E-state index in [4.69, 9.17) is 0 Å². The number of hydrogen-bond donors (Lipinski definition) is 3. The van der Waals surface area contributed by atoms with Crippen molar-refractivity contribution in [3.63, 3.8) is 0 Å². The number of nitrogens with zero attached hydrogens (tertiary/aromatic N) is 2. The maximum absolute atomic E-state index is 12.5. The maximum Gasteiger partial charge on any atom is 0.246 e. The summed E-state index contributed by atoms with van der Waals surface area (Å²) in [7, 11) is 0.0876. The Morgan fingerprint density at radius 1 is 1.32 bits per heavy atom. The first-order valence-corrected chi connectivity index (χ1v) is 9.57. The van der Waals surface area contributed by atoms with Gasteiger partial charge in [0.25, 0.3) is 0 Å². The summed E-state index contributed by atoms with van der Waals surface area (Å²) in [5.41, 5.74) is 1.65. The van der Waals surface area contributed by atoms with E-state index in [1.54, 1.807) is 62.4 Å². The van der Waals surface area contributed by atoms with Crippen LogP contribution in [0.25, 0.3) is 0 Å². The molecule has 0 aliphatic carbocycles. The van der Waals surface area contributed by atoms with Crippen molar-refractivity contribution in [1.82, 2.24) is 15.1 Å². The fourth-order valence-electron chi connectivity index (χ4n) is 2.41. The summed E-state index contributed by atoms with van der Waals surface area (Å²) in [5.74, 6) is -0.212. The molecule has 0 aliphatic heterocycles. The molecular weight excluding hydrogens is 342 g/mol. The molecule has 1 amide bonds. The molecule has 9 heteroatoms. The number of aromatic nitrogens is 2. The fraction of sp³-hybridized carbons (Fsp3) is 0.375. The van der Waals surface area contributed by atoms with Gasteiger partial charge in [0, 0.05) is 24.5 Å². The normalized spacial score (nSPS) is 12.6. The zero-order valence-corrected chi connectivity index (χ0v) is 15.3. The zero-order chi connectivity index (χ0) is 18.4. The second kappa shape index (κ2) is 8.13. The molecule has 2 aromatic rings. The third-order valence-electron chi connectivity index (χ3n) is 3.49. The summed E-state index contributed by atoms with van der Waals surface area (Å²) in [6.45, 7) is 1.80. The van der Waals surface area contributed by atoms with Gasteiger partial charge in [-0.25, -0.2) is 8.42 Å². The van der Waals surface area contributed by atoms with E-state index in [1.165, 1.54) is 0 Å². The van der Waals surface area contributed by atoms with Gasteiger partial charge in [-0.05, 0) is 31.7 Å². The lowest BCUT2D eigenvalue weighted by molar-refractivity contribution is -0.118. The van der Waals surface area contributed by atoms with E-state index in [-0.39, 0.29) is 11.7 Å². The Morgan fingerprint density at radius 2 is 2.04 bits per heavy atom. The van der Waals surface area contributed by atoms with Gasteiger partial charge in [0.15, 0.2) is 0 Å². The first kappa shape index (κ1) is 18.9. The van der Waals surface area contributed by atoms with Gasteiger partial charge in [0.2, 0.25) is 15.9 Å². The summed E-state index contributed by atoms with van der Waals surface area (Å²) in [5, 5.41) is 9.80. The molecule has 0 fully saturated rings. The number of sulfonamides is 1. The van der Waals surface area contributed by atoms with Crippen molar-refractivity contribution in [3.05, 3.63) is 42.2 Å². The minimum atomic E-state index is -3.38. The van der Waals surface area contributed by atoms with Crippen LogP contribution in [-0.4, -0.2) is 36.9 Å². The monoisotopic (exact) mass is 365 g/mol. The minimum Gasteiger partial charge on any atom is -0.324 e. The molecule has 1 unspecified atom stereocenters. The van der Waals surface area contributed by atoms with Gasteiger partial charge in [0.1, 0.15) is 6.04 Å². The van der Waals surface area contributed by atoms with Crippen LogP contribution in [0.4, 0.5) is 11.4 Å². The number of likely N-dealkylation sites (N-methyl/N-ethyl adjacent to an activating group) is 1. The summed E-state index contributed by atoms with van der Waals surface area (Å²) < 4.78 is 27.8. The fourth-order valence-corrected chi connectivity index (χ4v) is 3.54. The van der Waals surface area contributed by atoms with Gasteiger partial charge in [-0.3, -0.25) is 14.2 Å². The van der Waals surface area contributed by atoms with E-state index in [0.717, 1.165) is 5.56 Å². The van der Waals surface area contributed by atoms with Crippen molar-refractivity contribution < 1.29 is 13.2 Å². The number of carbonyl (C=O) groups is 1. The molecule has 8 nitrogen and oxygen atoms in total. The first-order valence-electron chi connectivity index (χ1n) is 7.92. The highest BCUT2D eigenvalue weighted by Gasteiger charge is 2.20. The number of benzene rings is 1. The van der Waals surface area contributed by atoms with Crippen LogP contribution in [0.2, 0.25) is 0 Å². The molecule has 0 saturated heterocycles. The number of anilines is 2. The Morgan fingerprint density at radius 3 is 2.64 bits per heavy atom. The van der Waals surface area contributed by atoms with E-state index in [9.17, 15) is 13.2 Å². The number of carbonyl (C=O) groups excluding carboxylic acids is 1. The van der Waals surface area contributed by atoms with E-state index in [2.05, 4.69) is 20.5 Å². The third-order valence-corrected chi connectivity index (χ3v) is 4.98. The Bertz CT molecular complexity index is 832. The number of rotatable bonds is 8. The van der Waals surface area contributed by atoms with Crippen LogP contribution < -0.4 is 15.4 Å². The van der Waals surface area contributed by atoms with E-state index in [0.29, 0.717) is 17.8 Å². The van der Waals surface area contributed by atoms with Crippen LogP contribution in [0.3, 0.4) is 0 Å². The SMILES string of the molecule is CCCS(=O)(=O)Nc1cccc(NC(=O)C(NC)c2cnn(C)c2)c1. The highest BCUT2D eigenvalue weighted by Crippen LogP contribution is 2.19. The van der Waals surface area contributed by atoms with Crippen molar-refractivity contribution in [1.29, 1.82) is 0 Å².